The zero-order chi connectivity index (χ0) is 19.0. The molecule has 25 heavy (non-hydrogen) atoms. The van der Waals surface area contributed by atoms with Crippen LogP contribution >= 0.6 is 35.0 Å². The van der Waals surface area contributed by atoms with Crippen molar-refractivity contribution in [3.63, 3.8) is 0 Å². The van der Waals surface area contributed by atoms with Crippen molar-refractivity contribution in [2.24, 2.45) is 0 Å². The van der Waals surface area contributed by atoms with E-state index >= 15 is 0 Å². The zero-order valence-electron chi connectivity index (χ0n) is 12.2. The lowest BCUT2D eigenvalue weighted by molar-refractivity contribution is -0.137. The molecule has 10 heteroatoms. The summed E-state index contributed by atoms with van der Waals surface area (Å²) in [6.07, 6.45) is -4.63. The summed E-state index contributed by atoms with van der Waals surface area (Å²) >= 11 is 11.3. The van der Waals surface area contributed by atoms with E-state index in [1.54, 1.807) is 0 Å². The molecule has 0 spiro atoms. The predicted octanol–water partition coefficient (Wildman–Crippen LogP) is 7.72. The van der Waals surface area contributed by atoms with Gasteiger partial charge in [0.2, 0.25) is 0 Å². The van der Waals surface area contributed by atoms with Gasteiger partial charge in [-0.05, 0) is 54.6 Å². The molecule has 0 amide bonds. The van der Waals surface area contributed by atoms with Gasteiger partial charge in [0.25, 0.3) is 0 Å². The summed E-state index contributed by atoms with van der Waals surface area (Å²) in [6.45, 7) is 1.44. The average Bonchev–Trinajstić information content (AvgIpc) is 2.43. The zero-order valence-corrected chi connectivity index (χ0v) is 14.6. The summed E-state index contributed by atoms with van der Waals surface area (Å²) in [5.74, 6) is -0.125. The number of ether oxygens (including phenoxy) is 1. The molecule has 0 aliphatic rings. The number of alkyl halides is 6. The van der Waals surface area contributed by atoms with Crippen LogP contribution in [0.3, 0.4) is 0 Å². The van der Waals surface area contributed by atoms with Crippen molar-refractivity contribution in [2.45, 2.75) is 23.5 Å². The first-order valence-electron chi connectivity index (χ1n) is 6.47. The van der Waals surface area contributed by atoms with E-state index in [4.69, 9.17) is 27.9 Å². The molecule has 0 bridgehead atoms. The first-order valence-corrected chi connectivity index (χ1v) is 8.04. The summed E-state index contributed by atoms with van der Waals surface area (Å²) in [5, 5.41) is -0.738. The largest absolute Gasteiger partial charge is 0.454 e. The van der Waals surface area contributed by atoms with E-state index in [1.165, 1.54) is 25.1 Å². The van der Waals surface area contributed by atoms with Gasteiger partial charge >= 0.3 is 11.7 Å². The van der Waals surface area contributed by atoms with Crippen LogP contribution in [0.25, 0.3) is 0 Å². The molecule has 136 valence electrons. The maximum absolute atomic E-state index is 12.7. The predicted molar refractivity (Wildman–Crippen MR) is 84.6 cm³/mol. The monoisotopic (exact) mass is 420 g/mol. The van der Waals surface area contributed by atoms with E-state index in [2.05, 4.69) is 0 Å². The summed E-state index contributed by atoms with van der Waals surface area (Å²) in [7, 11) is 0. The molecule has 2 aromatic rings. The highest BCUT2D eigenvalue weighted by Crippen LogP contribution is 2.43. The molecule has 0 atom stereocenters. The Kier molecular flexibility index (Phi) is 5.75. The quantitative estimate of drug-likeness (QED) is 0.371. The van der Waals surface area contributed by atoms with Crippen molar-refractivity contribution in [2.75, 3.05) is 0 Å². The van der Waals surface area contributed by atoms with Crippen LogP contribution in [0, 0.1) is 6.92 Å². The molecule has 0 radical (unpaired) electrons. The Balaban J connectivity index is 2.30. The van der Waals surface area contributed by atoms with Crippen LogP contribution < -0.4 is 4.74 Å². The van der Waals surface area contributed by atoms with Gasteiger partial charge in [-0.15, -0.1) is 0 Å². The number of aryl methyl sites for hydroxylation is 1. The fraction of sp³-hybridized carbons (Fsp3) is 0.200. The Morgan fingerprint density at radius 3 is 1.92 bits per heavy atom. The fourth-order valence-electron chi connectivity index (χ4n) is 1.86. The number of hydrogen-bond acceptors (Lipinski definition) is 2. The van der Waals surface area contributed by atoms with Crippen molar-refractivity contribution in [3.05, 3.63) is 51.5 Å². The van der Waals surface area contributed by atoms with Crippen LogP contribution in [0.1, 0.15) is 11.1 Å². The molecule has 0 fully saturated rings. The van der Waals surface area contributed by atoms with Crippen molar-refractivity contribution >= 4 is 35.0 Å². The van der Waals surface area contributed by atoms with Gasteiger partial charge in [-0.2, -0.15) is 26.3 Å². The number of benzene rings is 2. The van der Waals surface area contributed by atoms with Gasteiger partial charge in [-0.1, -0.05) is 23.2 Å². The number of halogens is 8. The van der Waals surface area contributed by atoms with Crippen LogP contribution in [0.15, 0.2) is 35.2 Å². The fourth-order valence-corrected chi connectivity index (χ4v) is 3.03. The molecule has 0 N–H and O–H groups in total. The van der Waals surface area contributed by atoms with E-state index in [-0.39, 0.29) is 43.8 Å². The first kappa shape index (κ1) is 20.1. The molecule has 0 saturated carbocycles. The lowest BCUT2D eigenvalue weighted by Crippen LogP contribution is -2.05. The van der Waals surface area contributed by atoms with Crippen molar-refractivity contribution in [1.82, 2.24) is 0 Å². The molecule has 0 unspecified atom stereocenters. The molecule has 0 saturated heterocycles. The van der Waals surface area contributed by atoms with Crippen LogP contribution in [-0.2, 0) is 6.18 Å². The highest BCUT2D eigenvalue weighted by molar-refractivity contribution is 8.00. The number of rotatable bonds is 3. The first-order chi connectivity index (χ1) is 11.4. The summed E-state index contributed by atoms with van der Waals surface area (Å²) in [4.78, 5) is -0.0236. The smallest absolute Gasteiger partial charge is 0.446 e. The third-order valence-electron chi connectivity index (χ3n) is 2.92. The Labute approximate surface area is 152 Å². The Hall–Kier alpha value is -1.25. The van der Waals surface area contributed by atoms with Crippen molar-refractivity contribution < 1.29 is 31.1 Å². The lowest BCUT2D eigenvalue weighted by Gasteiger charge is -2.14. The summed E-state index contributed by atoms with van der Waals surface area (Å²) in [6, 6.07) is 5.05. The Morgan fingerprint density at radius 1 is 0.920 bits per heavy atom. The molecule has 1 nitrogen and oxygen atoms in total. The lowest BCUT2D eigenvalue weighted by atomic mass is 10.2. The second-order valence-electron chi connectivity index (χ2n) is 4.84. The average molecular weight is 421 g/mol. The molecule has 0 aromatic heterocycles. The van der Waals surface area contributed by atoms with Gasteiger partial charge in [-0.3, -0.25) is 0 Å². The van der Waals surface area contributed by atoms with Crippen LogP contribution in [0.2, 0.25) is 10.0 Å². The second-order valence-corrected chi connectivity index (χ2v) is 6.77. The summed E-state index contributed by atoms with van der Waals surface area (Å²) < 4.78 is 80.7. The highest BCUT2D eigenvalue weighted by Gasteiger charge is 2.32. The molecular weight excluding hydrogens is 413 g/mol. The summed E-state index contributed by atoms with van der Waals surface area (Å²) in [5.41, 5.74) is -5.20. The minimum Gasteiger partial charge on any atom is -0.454 e. The van der Waals surface area contributed by atoms with E-state index in [0.29, 0.717) is 12.1 Å². The minimum absolute atomic E-state index is 0.0236. The van der Waals surface area contributed by atoms with Gasteiger partial charge in [0, 0.05) is 4.90 Å². The Bertz CT molecular complexity index is 766. The van der Waals surface area contributed by atoms with Gasteiger partial charge in [-0.25, -0.2) is 0 Å². The topological polar surface area (TPSA) is 9.23 Å². The van der Waals surface area contributed by atoms with E-state index in [0.717, 1.165) is 0 Å². The minimum atomic E-state index is -4.63. The molecule has 2 aromatic carbocycles. The third-order valence-corrected chi connectivity index (χ3v) is 4.39. The second kappa shape index (κ2) is 7.17. The van der Waals surface area contributed by atoms with Gasteiger partial charge < -0.3 is 4.74 Å². The van der Waals surface area contributed by atoms with E-state index < -0.39 is 17.2 Å². The molecular formula is C15H8Cl2F6OS. The number of hydrogen-bond donors (Lipinski definition) is 0. The van der Waals surface area contributed by atoms with Crippen molar-refractivity contribution in [1.29, 1.82) is 0 Å². The molecule has 0 heterocycles. The highest BCUT2D eigenvalue weighted by atomic mass is 35.5. The molecule has 2 rings (SSSR count). The molecule has 0 aliphatic carbocycles. The maximum atomic E-state index is 12.7. The standard InChI is InChI=1S/C15H8Cl2F6OS/c1-7-4-9(2-3-12(7)25-15(21,22)23)24-13-10(16)5-8(6-11(13)17)14(18,19)20/h2-6H,1H3. The van der Waals surface area contributed by atoms with E-state index in [1.807, 2.05) is 0 Å². The van der Waals surface area contributed by atoms with Crippen LogP contribution in [0.5, 0.6) is 11.5 Å². The normalized spacial score (nSPS) is 12.4. The maximum Gasteiger partial charge on any atom is 0.446 e. The van der Waals surface area contributed by atoms with Gasteiger partial charge in [0.15, 0.2) is 5.75 Å². The molecule has 0 aliphatic heterocycles. The van der Waals surface area contributed by atoms with E-state index in [9.17, 15) is 26.3 Å². The Morgan fingerprint density at radius 2 is 1.48 bits per heavy atom. The number of thioether (sulfide) groups is 1. The van der Waals surface area contributed by atoms with Crippen molar-refractivity contribution in [3.8, 4) is 11.5 Å². The third kappa shape index (κ3) is 5.36. The van der Waals surface area contributed by atoms with Gasteiger partial charge in [0.1, 0.15) is 5.75 Å². The SMILES string of the molecule is Cc1cc(Oc2c(Cl)cc(C(F)(F)F)cc2Cl)ccc1SC(F)(F)F. The van der Waals surface area contributed by atoms with Crippen LogP contribution in [0.4, 0.5) is 26.3 Å². The van der Waals surface area contributed by atoms with Crippen LogP contribution in [-0.4, -0.2) is 5.51 Å². The van der Waals surface area contributed by atoms with Gasteiger partial charge in [0.05, 0.1) is 15.6 Å².